The Morgan fingerprint density at radius 2 is 0.900 bits per heavy atom. The van der Waals surface area contributed by atoms with Crippen LogP contribution in [0.3, 0.4) is 0 Å². The van der Waals surface area contributed by atoms with Gasteiger partial charge < -0.3 is 0 Å². The van der Waals surface area contributed by atoms with Crippen molar-refractivity contribution in [2.75, 3.05) is 0 Å². The Labute approximate surface area is 62.0 Å². The molecule has 0 radical (unpaired) electrons. The molecule has 0 spiro atoms. The minimum Gasteiger partial charge on any atom is -0.0468 e. The van der Waals surface area contributed by atoms with Crippen molar-refractivity contribution in [2.24, 2.45) is 35.5 Å². The molecule has 0 bridgehead atoms. The molecule has 0 amide bonds. The molecule has 0 heterocycles. The standard InChI is InChI=1S/C10H14/c1-5-3-9(7(1)5)10-4-6-2-8(6)10/h5-10H,1-4H2. The molecule has 6 unspecified atom stereocenters. The molecule has 4 fully saturated rings. The van der Waals surface area contributed by atoms with Gasteiger partial charge in [-0.1, -0.05) is 0 Å². The van der Waals surface area contributed by atoms with Gasteiger partial charge in [0.05, 0.1) is 0 Å². The van der Waals surface area contributed by atoms with Crippen LogP contribution in [-0.4, -0.2) is 0 Å². The van der Waals surface area contributed by atoms with Gasteiger partial charge in [0.2, 0.25) is 0 Å². The normalized spacial score (nSPS) is 74.4. The molecule has 54 valence electrons. The average Bonchev–Trinajstić information content (AvgIpc) is 2.64. The first-order chi connectivity index (χ1) is 4.93. The Kier molecular flexibility index (Phi) is 0.570. The monoisotopic (exact) mass is 134 g/mol. The highest BCUT2D eigenvalue weighted by molar-refractivity contribution is 5.13. The Bertz CT molecular complexity index is 174. The highest BCUT2D eigenvalue weighted by Crippen LogP contribution is 2.72. The second-order valence-corrected chi connectivity index (χ2v) is 5.12. The summed E-state index contributed by atoms with van der Waals surface area (Å²) >= 11 is 0. The van der Waals surface area contributed by atoms with E-state index in [9.17, 15) is 0 Å². The van der Waals surface area contributed by atoms with Crippen LogP contribution < -0.4 is 0 Å². The predicted octanol–water partition coefficient (Wildman–Crippen LogP) is 2.30. The molecule has 4 saturated carbocycles. The molecule has 0 aromatic heterocycles. The van der Waals surface area contributed by atoms with Gasteiger partial charge in [-0.25, -0.2) is 0 Å². The lowest BCUT2D eigenvalue weighted by molar-refractivity contribution is 0.102. The number of rotatable bonds is 1. The molecule has 0 aromatic rings. The van der Waals surface area contributed by atoms with Crippen LogP contribution in [0.15, 0.2) is 0 Å². The van der Waals surface area contributed by atoms with E-state index in [1.807, 2.05) is 0 Å². The fourth-order valence-electron chi connectivity index (χ4n) is 3.77. The molecule has 4 aliphatic carbocycles. The van der Waals surface area contributed by atoms with Crippen LogP contribution in [-0.2, 0) is 0 Å². The molecule has 10 heavy (non-hydrogen) atoms. The maximum absolute atomic E-state index is 1.64. The summed E-state index contributed by atoms with van der Waals surface area (Å²) < 4.78 is 0. The fraction of sp³-hybridized carbons (Fsp3) is 1.00. The van der Waals surface area contributed by atoms with Gasteiger partial charge in [0, 0.05) is 0 Å². The molecule has 0 aromatic carbocycles. The lowest BCUT2D eigenvalue weighted by atomic mass is 9.67. The molecule has 4 aliphatic rings. The first-order valence-corrected chi connectivity index (χ1v) is 4.93. The third-order valence-electron chi connectivity index (χ3n) is 4.75. The molecule has 6 atom stereocenters. The fourth-order valence-corrected chi connectivity index (χ4v) is 3.77. The summed E-state index contributed by atoms with van der Waals surface area (Å²) in [5, 5.41) is 0. The number of fused-ring (bicyclic) bond motifs is 2. The SMILES string of the molecule is C1C2CC(C3CC4CC43)C12. The summed E-state index contributed by atoms with van der Waals surface area (Å²) in [6.45, 7) is 0. The average molecular weight is 134 g/mol. The lowest BCUT2D eigenvalue weighted by Gasteiger charge is -2.38. The zero-order valence-corrected chi connectivity index (χ0v) is 6.29. The van der Waals surface area contributed by atoms with Crippen LogP contribution in [0.1, 0.15) is 25.7 Å². The highest BCUT2D eigenvalue weighted by atomic mass is 14.7. The maximum Gasteiger partial charge on any atom is -0.0349 e. The Morgan fingerprint density at radius 3 is 1.10 bits per heavy atom. The van der Waals surface area contributed by atoms with E-state index < -0.39 is 0 Å². The number of hydrogen-bond donors (Lipinski definition) is 0. The minimum absolute atomic E-state index is 1.24. The maximum atomic E-state index is 1.64. The van der Waals surface area contributed by atoms with E-state index in [1.165, 1.54) is 35.5 Å². The Balaban J connectivity index is 1.55. The van der Waals surface area contributed by atoms with Crippen molar-refractivity contribution in [2.45, 2.75) is 25.7 Å². The molecule has 0 heteroatoms. The van der Waals surface area contributed by atoms with Crippen molar-refractivity contribution >= 4 is 0 Å². The van der Waals surface area contributed by atoms with Crippen molar-refractivity contribution in [3.63, 3.8) is 0 Å². The van der Waals surface area contributed by atoms with E-state index in [0.29, 0.717) is 0 Å². The van der Waals surface area contributed by atoms with Gasteiger partial charge in [-0.05, 0) is 61.2 Å². The summed E-state index contributed by atoms with van der Waals surface area (Å²) in [6, 6.07) is 0. The zero-order valence-electron chi connectivity index (χ0n) is 6.29. The third-order valence-corrected chi connectivity index (χ3v) is 4.75. The van der Waals surface area contributed by atoms with Crippen LogP contribution in [0, 0.1) is 35.5 Å². The van der Waals surface area contributed by atoms with Gasteiger partial charge in [0.1, 0.15) is 0 Å². The summed E-state index contributed by atoms with van der Waals surface area (Å²) in [6.07, 6.45) is 6.52. The zero-order chi connectivity index (χ0) is 6.29. The highest BCUT2D eigenvalue weighted by Gasteiger charge is 2.64. The summed E-state index contributed by atoms with van der Waals surface area (Å²) in [4.78, 5) is 0. The van der Waals surface area contributed by atoms with E-state index in [4.69, 9.17) is 0 Å². The van der Waals surface area contributed by atoms with Crippen LogP contribution in [0.4, 0.5) is 0 Å². The topological polar surface area (TPSA) is 0 Å². The quantitative estimate of drug-likeness (QED) is 0.516. The van der Waals surface area contributed by atoms with Gasteiger partial charge in [-0.2, -0.15) is 0 Å². The first kappa shape index (κ1) is 4.79. The summed E-state index contributed by atoms with van der Waals surface area (Å²) in [5.41, 5.74) is 0. The Hall–Kier alpha value is 0. The molecular formula is C10H14. The van der Waals surface area contributed by atoms with Gasteiger partial charge >= 0.3 is 0 Å². The first-order valence-electron chi connectivity index (χ1n) is 4.93. The smallest absolute Gasteiger partial charge is 0.0349 e. The van der Waals surface area contributed by atoms with Crippen molar-refractivity contribution in [1.29, 1.82) is 0 Å². The Morgan fingerprint density at radius 1 is 0.500 bits per heavy atom. The van der Waals surface area contributed by atoms with Crippen molar-refractivity contribution in [3.8, 4) is 0 Å². The van der Waals surface area contributed by atoms with Gasteiger partial charge in [0.25, 0.3) is 0 Å². The van der Waals surface area contributed by atoms with Crippen molar-refractivity contribution in [1.82, 2.24) is 0 Å². The molecule has 0 nitrogen and oxygen atoms in total. The minimum atomic E-state index is 1.24. The van der Waals surface area contributed by atoms with Gasteiger partial charge in [-0.3, -0.25) is 0 Å². The van der Waals surface area contributed by atoms with E-state index in [1.54, 1.807) is 25.7 Å². The predicted molar refractivity (Wildman–Crippen MR) is 39.4 cm³/mol. The number of hydrogen-bond acceptors (Lipinski definition) is 0. The second-order valence-electron chi connectivity index (χ2n) is 5.12. The molecule has 0 saturated heterocycles. The summed E-state index contributed by atoms with van der Waals surface area (Å²) in [5.74, 6) is 7.48. The van der Waals surface area contributed by atoms with E-state index in [0.717, 1.165) is 0 Å². The van der Waals surface area contributed by atoms with E-state index in [2.05, 4.69) is 0 Å². The van der Waals surface area contributed by atoms with E-state index >= 15 is 0 Å². The van der Waals surface area contributed by atoms with Crippen LogP contribution in [0.5, 0.6) is 0 Å². The van der Waals surface area contributed by atoms with Crippen LogP contribution in [0.2, 0.25) is 0 Å². The van der Waals surface area contributed by atoms with Gasteiger partial charge in [-0.15, -0.1) is 0 Å². The van der Waals surface area contributed by atoms with Crippen molar-refractivity contribution in [3.05, 3.63) is 0 Å². The lowest BCUT2D eigenvalue weighted by Crippen LogP contribution is -2.32. The van der Waals surface area contributed by atoms with Crippen LogP contribution in [0.25, 0.3) is 0 Å². The largest absolute Gasteiger partial charge is 0.0468 e. The second kappa shape index (κ2) is 1.19. The molecular weight excluding hydrogens is 120 g/mol. The van der Waals surface area contributed by atoms with E-state index in [-0.39, 0.29) is 0 Å². The van der Waals surface area contributed by atoms with Crippen LogP contribution >= 0.6 is 0 Å². The molecule has 4 rings (SSSR count). The molecule has 0 N–H and O–H groups in total. The van der Waals surface area contributed by atoms with Crippen molar-refractivity contribution < 1.29 is 0 Å². The third kappa shape index (κ3) is 0.383. The van der Waals surface area contributed by atoms with Gasteiger partial charge in [0.15, 0.2) is 0 Å². The summed E-state index contributed by atoms with van der Waals surface area (Å²) in [7, 11) is 0. The molecule has 0 aliphatic heterocycles.